The smallest absolute Gasteiger partial charge is 0.274 e. The van der Waals surface area contributed by atoms with E-state index in [1.807, 2.05) is 42.2 Å². The summed E-state index contributed by atoms with van der Waals surface area (Å²) >= 11 is 1.52. The molecule has 5 rings (SSSR count). The summed E-state index contributed by atoms with van der Waals surface area (Å²) in [4.78, 5) is 25.3. The van der Waals surface area contributed by atoms with Gasteiger partial charge in [-0.3, -0.25) is 4.79 Å². The Bertz CT molecular complexity index is 1280. The van der Waals surface area contributed by atoms with Crippen molar-refractivity contribution in [1.29, 1.82) is 0 Å². The third kappa shape index (κ3) is 3.90. The van der Waals surface area contributed by atoms with Crippen LogP contribution in [0.2, 0.25) is 0 Å². The third-order valence-corrected chi connectivity index (χ3v) is 6.85. The monoisotopic (exact) mass is 452 g/mol. The van der Waals surface area contributed by atoms with Crippen molar-refractivity contribution in [2.45, 2.75) is 38.6 Å². The average molecular weight is 453 g/mol. The summed E-state index contributed by atoms with van der Waals surface area (Å²) in [6.07, 6.45) is 6.10. The molecule has 4 aromatic rings. The van der Waals surface area contributed by atoms with Gasteiger partial charge in [-0.25, -0.2) is 18.7 Å². The molecule has 32 heavy (non-hydrogen) atoms. The molecular formula is C24H22F2N4OS. The Morgan fingerprint density at radius 2 is 1.97 bits per heavy atom. The Morgan fingerprint density at radius 3 is 2.78 bits per heavy atom. The second-order valence-electron chi connectivity index (χ2n) is 8.10. The predicted octanol–water partition coefficient (Wildman–Crippen LogP) is 5.28. The molecule has 1 aromatic carbocycles. The molecule has 0 spiro atoms. The van der Waals surface area contributed by atoms with Gasteiger partial charge >= 0.3 is 0 Å². The van der Waals surface area contributed by atoms with Crippen molar-refractivity contribution in [3.05, 3.63) is 76.8 Å². The molecule has 8 heteroatoms. The number of aryl methyl sites for hydroxylation is 1. The van der Waals surface area contributed by atoms with Crippen molar-refractivity contribution in [3.8, 4) is 10.4 Å². The van der Waals surface area contributed by atoms with Crippen LogP contribution in [0.25, 0.3) is 16.1 Å². The van der Waals surface area contributed by atoms with Crippen molar-refractivity contribution in [2.24, 2.45) is 0 Å². The van der Waals surface area contributed by atoms with Gasteiger partial charge in [0.2, 0.25) is 0 Å². The Labute approximate surface area is 188 Å². The number of hydrogen-bond donors (Lipinski definition) is 0. The fourth-order valence-electron chi connectivity index (χ4n) is 4.39. The Kier molecular flexibility index (Phi) is 5.46. The topological polar surface area (TPSA) is 50.5 Å². The fourth-order valence-corrected chi connectivity index (χ4v) is 5.30. The molecule has 0 N–H and O–H groups in total. The van der Waals surface area contributed by atoms with E-state index in [0.717, 1.165) is 40.8 Å². The standard InChI is InChI=1S/C24H22F2N4OS/c1-15-27-21(22(32-15)16-7-3-2-4-8-16)24(31)30-10-6-5-9-19(30)12-18-14-29-13-17(25)11-20(26)23(29)28-18/h2-4,7-8,11,13-14,19H,5-6,9-10,12H2,1H3/t19-/m0/s1. The van der Waals surface area contributed by atoms with Crippen molar-refractivity contribution in [2.75, 3.05) is 6.54 Å². The maximum absolute atomic E-state index is 14.1. The number of thiazole rings is 1. The molecule has 5 nitrogen and oxygen atoms in total. The highest BCUT2D eigenvalue weighted by Crippen LogP contribution is 2.32. The molecular weight excluding hydrogens is 430 g/mol. The van der Waals surface area contributed by atoms with Crippen molar-refractivity contribution in [1.82, 2.24) is 19.3 Å². The normalized spacial score (nSPS) is 16.6. The highest BCUT2D eigenvalue weighted by Gasteiger charge is 2.31. The number of pyridine rings is 1. The van der Waals surface area contributed by atoms with E-state index in [-0.39, 0.29) is 17.6 Å². The number of amides is 1. The van der Waals surface area contributed by atoms with Crippen LogP contribution in [0.4, 0.5) is 8.78 Å². The highest BCUT2D eigenvalue weighted by atomic mass is 32.1. The molecule has 164 valence electrons. The van der Waals surface area contributed by atoms with Crippen LogP contribution in [0, 0.1) is 18.6 Å². The van der Waals surface area contributed by atoms with E-state index in [4.69, 9.17) is 0 Å². The summed E-state index contributed by atoms with van der Waals surface area (Å²) in [6, 6.07) is 10.6. The number of carbonyl (C=O) groups is 1. The van der Waals surface area contributed by atoms with Gasteiger partial charge in [0.1, 0.15) is 11.5 Å². The van der Waals surface area contributed by atoms with Gasteiger partial charge in [0.15, 0.2) is 11.5 Å². The summed E-state index contributed by atoms with van der Waals surface area (Å²) in [7, 11) is 0. The minimum Gasteiger partial charge on any atom is -0.334 e. The lowest BCUT2D eigenvalue weighted by molar-refractivity contribution is 0.0608. The summed E-state index contributed by atoms with van der Waals surface area (Å²) in [5.41, 5.74) is 2.19. The lowest BCUT2D eigenvalue weighted by Crippen LogP contribution is -2.45. The molecule has 0 bridgehead atoms. The quantitative estimate of drug-likeness (QED) is 0.423. The zero-order chi connectivity index (χ0) is 22.2. The second kappa shape index (κ2) is 8.43. The van der Waals surface area contributed by atoms with E-state index in [1.54, 1.807) is 6.20 Å². The predicted molar refractivity (Wildman–Crippen MR) is 120 cm³/mol. The number of fused-ring (bicyclic) bond motifs is 1. The molecule has 3 aromatic heterocycles. The Morgan fingerprint density at radius 1 is 1.16 bits per heavy atom. The van der Waals surface area contributed by atoms with Gasteiger partial charge in [-0.05, 0) is 31.7 Å². The molecule has 0 radical (unpaired) electrons. The SMILES string of the molecule is Cc1nc(C(=O)N2CCCC[C@H]2Cc2cn3cc(F)cc(F)c3n2)c(-c2ccccc2)s1. The number of piperidine rings is 1. The van der Waals surface area contributed by atoms with Gasteiger partial charge in [-0.2, -0.15) is 0 Å². The van der Waals surface area contributed by atoms with Crippen LogP contribution in [0.5, 0.6) is 0 Å². The van der Waals surface area contributed by atoms with Gasteiger partial charge in [0.05, 0.1) is 15.6 Å². The number of halogens is 2. The molecule has 1 atom stereocenters. The van der Waals surface area contributed by atoms with Crippen molar-refractivity contribution in [3.63, 3.8) is 0 Å². The van der Waals surface area contributed by atoms with Crippen LogP contribution in [0.1, 0.15) is 40.5 Å². The number of imidazole rings is 1. The van der Waals surface area contributed by atoms with Crippen LogP contribution < -0.4 is 0 Å². The molecule has 0 saturated carbocycles. The molecule has 1 saturated heterocycles. The van der Waals surface area contributed by atoms with E-state index in [2.05, 4.69) is 9.97 Å². The largest absolute Gasteiger partial charge is 0.334 e. The first-order chi connectivity index (χ1) is 15.5. The summed E-state index contributed by atoms with van der Waals surface area (Å²) in [5, 5.41) is 0.846. The number of nitrogens with zero attached hydrogens (tertiary/aromatic N) is 4. The number of hydrogen-bond acceptors (Lipinski definition) is 4. The highest BCUT2D eigenvalue weighted by molar-refractivity contribution is 7.15. The van der Waals surface area contributed by atoms with E-state index in [9.17, 15) is 13.6 Å². The number of aromatic nitrogens is 3. The molecule has 1 fully saturated rings. The molecule has 0 aliphatic carbocycles. The van der Waals surface area contributed by atoms with E-state index < -0.39 is 11.6 Å². The fraction of sp³-hybridized carbons (Fsp3) is 0.292. The molecule has 0 unspecified atom stereocenters. The van der Waals surface area contributed by atoms with Gasteiger partial charge in [0, 0.05) is 37.5 Å². The van der Waals surface area contributed by atoms with Crippen LogP contribution in [-0.2, 0) is 6.42 Å². The van der Waals surface area contributed by atoms with E-state index in [0.29, 0.717) is 24.4 Å². The maximum atomic E-state index is 14.1. The van der Waals surface area contributed by atoms with Gasteiger partial charge in [-0.15, -0.1) is 11.3 Å². The molecule has 1 aliphatic rings. The van der Waals surface area contributed by atoms with E-state index >= 15 is 0 Å². The lowest BCUT2D eigenvalue weighted by atomic mass is 9.97. The summed E-state index contributed by atoms with van der Waals surface area (Å²) in [5.74, 6) is -1.43. The average Bonchev–Trinajstić information content (AvgIpc) is 3.37. The molecule has 1 aliphatic heterocycles. The van der Waals surface area contributed by atoms with Gasteiger partial charge in [0.25, 0.3) is 5.91 Å². The van der Waals surface area contributed by atoms with Gasteiger partial charge < -0.3 is 9.30 Å². The Hall–Kier alpha value is -3.13. The van der Waals surface area contributed by atoms with Gasteiger partial charge in [-0.1, -0.05) is 30.3 Å². The molecule has 4 heterocycles. The minimum absolute atomic E-state index is 0.0697. The number of likely N-dealkylation sites (tertiary alicyclic amines) is 1. The summed E-state index contributed by atoms with van der Waals surface area (Å²) < 4.78 is 29.0. The first-order valence-electron chi connectivity index (χ1n) is 10.7. The number of benzene rings is 1. The Balaban J connectivity index is 1.44. The van der Waals surface area contributed by atoms with Crippen LogP contribution in [0.3, 0.4) is 0 Å². The minimum atomic E-state index is -0.696. The summed E-state index contributed by atoms with van der Waals surface area (Å²) in [6.45, 7) is 2.55. The first kappa shape index (κ1) is 20.8. The lowest BCUT2D eigenvalue weighted by Gasteiger charge is -2.35. The van der Waals surface area contributed by atoms with Crippen LogP contribution >= 0.6 is 11.3 Å². The van der Waals surface area contributed by atoms with Crippen LogP contribution in [-0.4, -0.2) is 37.8 Å². The second-order valence-corrected chi connectivity index (χ2v) is 9.30. The van der Waals surface area contributed by atoms with Crippen molar-refractivity contribution >= 4 is 22.9 Å². The van der Waals surface area contributed by atoms with Crippen LogP contribution in [0.15, 0.2) is 48.8 Å². The number of rotatable bonds is 4. The zero-order valence-electron chi connectivity index (χ0n) is 17.6. The van der Waals surface area contributed by atoms with Crippen molar-refractivity contribution < 1.29 is 13.6 Å². The first-order valence-corrected chi connectivity index (χ1v) is 11.5. The number of carbonyl (C=O) groups excluding carboxylic acids is 1. The third-order valence-electron chi connectivity index (χ3n) is 5.83. The van der Waals surface area contributed by atoms with E-state index in [1.165, 1.54) is 21.9 Å². The maximum Gasteiger partial charge on any atom is 0.274 e. The zero-order valence-corrected chi connectivity index (χ0v) is 18.4. The molecule has 1 amide bonds.